The fraction of sp³-hybridized carbons (Fsp3) is 0.625. The fourth-order valence-corrected chi connectivity index (χ4v) is 2.00. The van der Waals surface area contributed by atoms with Crippen molar-refractivity contribution in [1.29, 1.82) is 0 Å². The smallest absolute Gasteiger partial charge is 0.246 e. The number of nitrogens with two attached hydrogens (primary N) is 2. The quantitative estimate of drug-likeness (QED) is 0.490. The SMILES string of the molecule is NC(=O)C1N=CNC1(C(N)=O)C1CC1. The number of aliphatic imine (C=N–C) groups is 1. The fourth-order valence-electron chi connectivity index (χ4n) is 2.00. The highest BCUT2D eigenvalue weighted by Crippen LogP contribution is 2.43. The van der Waals surface area contributed by atoms with Gasteiger partial charge in [0, 0.05) is 0 Å². The third kappa shape index (κ3) is 0.997. The van der Waals surface area contributed by atoms with E-state index in [1.54, 1.807) is 0 Å². The number of nitrogens with one attached hydrogen (secondary N) is 1. The van der Waals surface area contributed by atoms with Gasteiger partial charge in [-0.25, -0.2) is 0 Å². The van der Waals surface area contributed by atoms with Crippen LogP contribution in [-0.4, -0.2) is 29.7 Å². The molecule has 0 aromatic heterocycles. The van der Waals surface area contributed by atoms with Gasteiger partial charge in [-0.3, -0.25) is 14.6 Å². The van der Waals surface area contributed by atoms with Crippen molar-refractivity contribution in [2.24, 2.45) is 22.4 Å². The maximum absolute atomic E-state index is 11.4. The lowest BCUT2D eigenvalue weighted by atomic mass is 9.85. The van der Waals surface area contributed by atoms with Crippen molar-refractivity contribution in [3.05, 3.63) is 0 Å². The second-order valence-corrected chi connectivity index (χ2v) is 3.73. The van der Waals surface area contributed by atoms with Gasteiger partial charge in [0.1, 0.15) is 0 Å². The summed E-state index contributed by atoms with van der Waals surface area (Å²) in [7, 11) is 0. The second-order valence-electron chi connectivity index (χ2n) is 3.73. The molecule has 0 bridgehead atoms. The summed E-state index contributed by atoms with van der Waals surface area (Å²) in [5, 5.41) is 2.80. The van der Waals surface area contributed by atoms with E-state index in [1.807, 2.05) is 0 Å². The maximum atomic E-state index is 11.4. The van der Waals surface area contributed by atoms with Gasteiger partial charge in [0.2, 0.25) is 11.8 Å². The number of hydrogen-bond donors (Lipinski definition) is 3. The summed E-state index contributed by atoms with van der Waals surface area (Å²) < 4.78 is 0. The van der Waals surface area contributed by atoms with Crippen LogP contribution in [0.2, 0.25) is 0 Å². The Hall–Kier alpha value is -1.59. The summed E-state index contributed by atoms with van der Waals surface area (Å²) in [5.74, 6) is -1.08. The summed E-state index contributed by atoms with van der Waals surface area (Å²) >= 11 is 0. The van der Waals surface area contributed by atoms with Gasteiger partial charge in [-0.05, 0) is 18.8 Å². The lowest BCUT2D eigenvalue weighted by Crippen LogP contribution is -2.63. The molecule has 0 spiro atoms. The van der Waals surface area contributed by atoms with Crippen molar-refractivity contribution in [2.75, 3.05) is 0 Å². The Bertz CT molecular complexity index is 323. The number of rotatable bonds is 3. The molecule has 2 unspecified atom stereocenters. The molecule has 2 amide bonds. The molecule has 76 valence electrons. The van der Waals surface area contributed by atoms with Crippen LogP contribution < -0.4 is 16.8 Å². The molecule has 14 heavy (non-hydrogen) atoms. The summed E-state index contributed by atoms with van der Waals surface area (Å²) in [6.07, 6.45) is 3.10. The summed E-state index contributed by atoms with van der Waals surface area (Å²) in [4.78, 5) is 26.4. The van der Waals surface area contributed by atoms with Gasteiger partial charge < -0.3 is 16.8 Å². The van der Waals surface area contributed by atoms with E-state index in [-0.39, 0.29) is 5.92 Å². The van der Waals surface area contributed by atoms with Crippen LogP contribution in [0.5, 0.6) is 0 Å². The summed E-state index contributed by atoms with van der Waals surface area (Å²) in [6, 6.07) is -0.854. The zero-order chi connectivity index (χ0) is 10.3. The van der Waals surface area contributed by atoms with E-state index in [1.165, 1.54) is 6.34 Å². The van der Waals surface area contributed by atoms with Gasteiger partial charge in [0.05, 0.1) is 6.34 Å². The molecule has 0 aromatic rings. The molecule has 0 radical (unpaired) electrons. The topological polar surface area (TPSA) is 111 Å². The van der Waals surface area contributed by atoms with Crippen molar-refractivity contribution in [1.82, 2.24) is 5.32 Å². The van der Waals surface area contributed by atoms with Crippen molar-refractivity contribution in [3.63, 3.8) is 0 Å². The first-order valence-corrected chi connectivity index (χ1v) is 4.47. The Morgan fingerprint density at radius 2 is 2.07 bits per heavy atom. The molecule has 2 rings (SSSR count). The van der Waals surface area contributed by atoms with E-state index in [9.17, 15) is 9.59 Å². The Kier molecular flexibility index (Phi) is 1.73. The predicted octanol–water partition coefficient (Wildman–Crippen LogP) is -1.89. The monoisotopic (exact) mass is 196 g/mol. The van der Waals surface area contributed by atoms with E-state index in [0.717, 1.165) is 12.8 Å². The van der Waals surface area contributed by atoms with E-state index in [4.69, 9.17) is 11.5 Å². The van der Waals surface area contributed by atoms with Crippen LogP contribution in [0.4, 0.5) is 0 Å². The molecule has 1 fully saturated rings. The number of amides is 2. The molecule has 0 saturated heterocycles. The molecule has 6 heteroatoms. The van der Waals surface area contributed by atoms with Gasteiger partial charge in [-0.1, -0.05) is 0 Å². The number of nitrogens with zero attached hydrogens (tertiary/aromatic N) is 1. The van der Waals surface area contributed by atoms with Crippen molar-refractivity contribution >= 4 is 18.2 Å². The first kappa shape index (κ1) is 8.98. The highest BCUT2D eigenvalue weighted by molar-refractivity contribution is 5.99. The molecule has 0 aromatic carbocycles. The average Bonchev–Trinajstić information content (AvgIpc) is 2.84. The summed E-state index contributed by atoms with van der Waals surface area (Å²) in [5.41, 5.74) is 9.43. The molecule has 5 N–H and O–H groups in total. The minimum atomic E-state index is -1.06. The number of carbonyl (C=O) groups excluding carboxylic acids is 2. The third-order valence-corrected chi connectivity index (χ3v) is 2.86. The standard InChI is InChI=1S/C8H12N4O2/c9-6(13)5-8(7(10)14,4-1-2-4)12-3-11-5/h3-5H,1-2H2,(H2,9,13)(H2,10,14)(H,11,12). The van der Waals surface area contributed by atoms with E-state index >= 15 is 0 Å². The Labute approximate surface area is 80.7 Å². The normalized spacial score (nSPS) is 35.3. The van der Waals surface area contributed by atoms with Gasteiger partial charge in [0.25, 0.3) is 0 Å². The molecular weight excluding hydrogens is 184 g/mol. The van der Waals surface area contributed by atoms with E-state index < -0.39 is 23.4 Å². The minimum Gasteiger partial charge on any atom is -0.368 e. The minimum absolute atomic E-state index is 0.0833. The Balaban J connectivity index is 2.35. The van der Waals surface area contributed by atoms with Gasteiger partial charge in [-0.2, -0.15) is 0 Å². The van der Waals surface area contributed by atoms with Crippen molar-refractivity contribution in [3.8, 4) is 0 Å². The maximum Gasteiger partial charge on any atom is 0.246 e. The number of primary amides is 2. The molecule has 1 saturated carbocycles. The largest absolute Gasteiger partial charge is 0.368 e. The van der Waals surface area contributed by atoms with Gasteiger partial charge in [-0.15, -0.1) is 0 Å². The lowest BCUT2D eigenvalue weighted by Gasteiger charge is -2.29. The van der Waals surface area contributed by atoms with E-state index in [2.05, 4.69) is 10.3 Å². The van der Waals surface area contributed by atoms with Crippen LogP contribution in [0.25, 0.3) is 0 Å². The van der Waals surface area contributed by atoms with Crippen LogP contribution >= 0.6 is 0 Å². The molecule has 6 nitrogen and oxygen atoms in total. The molecule has 2 aliphatic rings. The predicted molar refractivity (Wildman–Crippen MR) is 49.3 cm³/mol. The van der Waals surface area contributed by atoms with Crippen molar-refractivity contribution < 1.29 is 9.59 Å². The van der Waals surface area contributed by atoms with Crippen LogP contribution in [0.1, 0.15) is 12.8 Å². The first-order chi connectivity index (χ1) is 6.59. The number of hydrogen-bond acceptors (Lipinski definition) is 4. The van der Waals surface area contributed by atoms with Crippen molar-refractivity contribution in [2.45, 2.75) is 24.4 Å². The molecule has 1 heterocycles. The van der Waals surface area contributed by atoms with Crippen LogP contribution in [0.15, 0.2) is 4.99 Å². The van der Waals surface area contributed by atoms with Gasteiger partial charge >= 0.3 is 0 Å². The second kappa shape index (κ2) is 2.70. The van der Waals surface area contributed by atoms with Crippen LogP contribution in [-0.2, 0) is 9.59 Å². The number of carbonyl (C=O) groups is 2. The molecule has 2 atom stereocenters. The average molecular weight is 196 g/mol. The van der Waals surface area contributed by atoms with Crippen LogP contribution in [0, 0.1) is 5.92 Å². The lowest BCUT2D eigenvalue weighted by molar-refractivity contribution is -0.130. The molecule has 1 aliphatic heterocycles. The highest BCUT2D eigenvalue weighted by atomic mass is 16.2. The zero-order valence-corrected chi connectivity index (χ0v) is 7.56. The highest BCUT2D eigenvalue weighted by Gasteiger charge is 2.58. The Morgan fingerprint density at radius 3 is 2.50 bits per heavy atom. The third-order valence-electron chi connectivity index (χ3n) is 2.86. The molecular formula is C8H12N4O2. The van der Waals surface area contributed by atoms with Crippen LogP contribution in [0.3, 0.4) is 0 Å². The van der Waals surface area contributed by atoms with E-state index in [0.29, 0.717) is 0 Å². The first-order valence-electron chi connectivity index (χ1n) is 4.47. The summed E-state index contributed by atoms with van der Waals surface area (Å²) in [6.45, 7) is 0. The van der Waals surface area contributed by atoms with Gasteiger partial charge in [0.15, 0.2) is 11.6 Å². The Morgan fingerprint density at radius 1 is 1.43 bits per heavy atom. The zero-order valence-electron chi connectivity index (χ0n) is 7.56. The molecule has 1 aliphatic carbocycles.